The summed E-state index contributed by atoms with van der Waals surface area (Å²) in [6, 6.07) is 0. The molecular formula is C45H96BrN6O26P5Si. The van der Waals surface area contributed by atoms with Crippen LogP contribution in [0.4, 0.5) is 0 Å². The molecule has 2 amide bonds. The van der Waals surface area contributed by atoms with E-state index in [9.17, 15) is 37.2 Å². The molecule has 0 aromatic heterocycles. The molecule has 0 heterocycles. The summed E-state index contributed by atoms with van der Waals surface area (Å²) in [4.78, 5) is 78.9. The molecule has 0 fully saturated rings. The van der Waals surface area contributed by atoms with Crippen LogP contribution in [0.1, 0.15) is 0 Å². The van der Waals surface area contributed by atoms with Gasteiger partial charge in [-0.05, 0) is 11.1 Å². The maximum Gasteiger partial charge on any atom is 0.333 e. The summed E-state index contributed by atoms with van der Waals surface area (Å²) in [5.41, 5.74) is 16.6. The molecule has 0 saturated heterocycles. The number of carbonyl (C=O) groups excluding carboxylic acids is 2. The zero-order valence-electron chi connectivity index (χ0n) is 49.9. The molecule has 0 aromatic rings. The fraction of sp³-hybridized carbons (Fsp3) is 0.711. The lowest BCUT2D eigenvalue weighted by molar-refractivity contribution is -0.133. The number of hydrogen-bond donors (Lipinski definition) is 11. The third-order valence-corrected chi connectivity index (χ3v) is 15.6. The van der Waals surface area contributed by atoms with Crippen molar-refractivity contribution in [3.8, 4) is 0 Å². The first-order valence-corrected chi connectivity index (χ1v) is 39.5. The molecule has 0 saturated carbocycles. The summed E-state index contributed by atoms with van der Waals surface area (Å²) in [6.45, 7) is 26.7. The van der Waals surface area contributed by atoms with Crippen molar-refractivity contribution in [2.45, 2.75) is 19.6 Å². The van der Waals surface area contributed by atoms with Crippen LogP contribution in [0, 0.1) is 0 Å². The minimum absolute atomic E-state index is 0.00671. The van der Waals surface area contributed by atoms with Gasteiger partial charge in [-0.1, -0.05) is 52.5 Å². The second-order valence-corrected chi connectivity index (χ2v) is 39.3. The Morgan fingerprint density at radius 3 is 0.940 bits per heavy atom. The Labute approximate surface area is 503 Å². The SMILES string of the molecule is C=C(COCCP(=O)(O)O)CONCCNC(=O)C(=C)COCCP(=O)(O)O.C=C(COCCP(=O)(OC)OC)C(=O)O.C=C(COCCP(=O)(OC)OC)CONCCNC(=O)C(=C)COCCP(=O)(OC)OC.C[Si](C)(C)Br.NCCN. The highest BCUT2D eigenvalue weighted by molar-refractivity contribution is 9.26. The Hall–Kier alpha value is -1.88. The van der Waals surface area contributed by atoms with Crippen molar-refractivity contribution >= 4 is 77.7 Å². The van der Waals surface area contributed by atoms with E-state index in [0.29, 0.717) is 37.3 Å². The molecule has 0 atom stereocenters. The van der Waals surface area contributed by atoms with E-state index < -0.39 is 62.7 Å². The van der Waals surface area contributed by atoms with Crippen LogP contribution in [0.3, 0.4) is 0 Å². The van der Waals surface area contributed by atoms with Gasteiger partial charge in [0.05, 0.1) is 116 Å². The van der Waals surface area contributed by atoms with Gasteiger partial charge in [0.2, 0.25) is 11.8 Å². The van der Waals surface area contributed by atoms with E-state index in [2.05, 4.69) is 98.5 Å². The highest BCUT2D eigenvalue weighted by atomic mass is 79.9. The van der Waals surface area contributed by atoms with E-state index in [0.717, 1.165) is 0 Å². The molecule has 13 N–H and O–H groups in total. The predicted octanol–water partition coefficient (Wildman–Crippen LogP) is 3.12. The number of amides is 2. The molecular weight excluding hydrogens is 1300 g/mol. The molecule has 0 bridgehead atoms. The van der Waals surface area contributed by atoms with Gasteiger partial charge >= 0.3 is 43.9 Å². The van der Waals surface area contributed by atoms with Gasteiger partial charge in [-0.2, -0.15) is 0 Å². The molecule has 32 nitrogen and oxygen atoms in total. The Bertz CT molecular complexity index is 2090. The minimum Gasteiger partial charge on any atom is -0.478 e. The van der Waals surface area contributed by atoms with E-state index in [1.807, 2.05) is 0 Å². The van der Waals surface area contributed by atoms with Gasteiger partial charge in [0.15, 0.2) is 0 Å². The standard InChI is InChI=1S/C18H36N2O10P2.C14H28N2O10P2.C8H15O6P.C3H9BrSi.C2H8N2/c1-16(13-28-9-11-31(22,24-3)25-4)14-30-20-8-7-19-18(21)17(2)15-29-10-12-32(23,26-5)27-6;1-12(9-24-5-7-27(18,19)20)10-26-16-4-3-15-14(17)13(2)11-25-6-8-28(21,22)23;1-7(8(9)10)6-14-4-5-15(11,12-2)13-3;1-5(2,3)4;3-1-2-4/h20H,1-2,7-15H2,3-6H3,(H,19,21);16H,1-11H2,(H,15,17)(H2,18,19,20)(H2,21,22,23);1,4-6H2,2-3H3,(H,9,10);1-3H3;1-4H2. The number of rotatable bonds is 47. The molecule has 0 aliphatic rings. The fourth-order valence-corrected chi connectivity index (χ4v) is 7.45. The van der Waals surface area contributed by atoms with Gasteiger partial charge < -0.3 is 97.6 Å². The Balaban J connectivity index is -0.000000361. The van der Waals surface area contributed by atoms with E-state index in [4.69, 9.17) is 87.6 Å². The third kappa shape index (κ3) is 66.1. The smallest absolute Gasteiger partial charge is 0.333 e. The van der Waals surface area contributed by atoms with Crippen molar-refractivity contribution in [3.05, 3.63) is 60.8 Å². The lowest BCUT2D eigenvalue weighted by Crippen LogP contribution is -2.33. The number of hydrogen-bond acceptors (Lipinski definition) is 25. The van der Waals surface area contributed by atoms with E-state index in [-0.39, 0.29) is 140 Å². The van der Waals surface area contributed by atoms with Crippen molar-refractivity contribution in [1.29, 1.82) is 0 Å². The quantitative estimate of drug-likeness (QED) is 0.00793. The van der Waals surface area contributed by atoms with Gasteiger partial charge in [-0.3, -0.25) is 42.1 Å². The molecule has 0 spiro atoms. The highest BCUT2D eigenvalue weighted by Crippen LogP contribution is 2.47. The van der Waals surface area contributed by atoms with E-state index in [1.165, 1.54) is 42.7 Å². The number of nitrogens with two attached hydrogens (primary N) is 2. The van der Waals surface area contributed by atoms with Crippen LogP contribution < -0.4 is 33.1 Å². The van der Waals surface area contributed by atoms with Crippen molar-refractivity contribution < 1.29 is 122 Å². The number of ether oxygens (including phenoxy) is 5. The summed E-state index contributed by atoms with van der Waals surface area (Å²) < 4.78 is 110. The molecule has 39 heteroatoms. The molecule has 0 aliphatic carbocycles. The zero-order chi connectivity index (χ0) is 65.9. The maximum absolute atomic E-state index is 11.9. The average molecular weight is 1400 g/mol. The molecule has 0 aromatic carbocycles. The largest absolute Gasteiger partial charge is 0.478 e. The van der Waals surface area contributed by atoms with E-state index >= 15 is 0 Å². The summed E-state index contributed by atoms with van der Waals surface area (Å²) in [5, 5.41) is 13.7. The number of carboxylic acids is 1. The number of carboxylic acid groups (broad SMARTS) is 1. The first-order valence-electron chi connectivity index (χ1n) is 25.0. The lowest BCUT2D eigenvalue weighted by atomic mass is 10.3. The van der Waals surface area contributed by atoms with Gasteiger partial charge in [0.25, 0.3) is 0 Å². The van der Waals surface area contributed by atoms with Crippen molar-refractivity contribution in [3.63, 3.8) is 0 Å². The van der Waals surface area contributed by atoms with Crippen LogP contribution in [0.25, 0.3) is 0 Å². The Kier molecular flexibility index (Phi) is 58.5. The van der Waals surface area contributed by atoms with E-state index in [1.54, 1.807) is 0 Å². The molecule has 498 valence electrons. The van der Waals surface area contributed by atoms with Crippen LogP contribution in [-0.2, 0) is 97.7 Å². The molecule has 0 rings (SSSR count). The van der Waals surface area contributed by atoms with Gasteiger partial charge in [0.1, 0.15) is 6.69 Å². The first-order chi connectivity index (χ1) is 38.9. The third-order valence-electron chi connectivity index (χ3n) is 8.59. The number of nitrogens with one attached hydrogen (secondary N) is 4. The number of halogens is 1. The molecule has 0 aliphatic heterocycles. The van der Waals surface area contributed by atoms with Crippen LogP contribution in [0.5, 0.6) is 0 Å². The number of aliphatic carboxylic acids is 1. The second kappa shape index (κ2) is 54.1. The Morgan fingerprint density at radius 1 is 0.452 bits per heavy atom. The molecule has 0 radical (unpaired) electrons. The lowest BCUT2D eigenvalue weighted by Gasteiger charge is -2.14. The second-order valence-electron chi connectivity index (χ2n) is 17.3. The first kappa shape index (κ1) is 90.9. The summed E-state index contributed by atoms with van der Waals surface area (Å²) >= 11 is 3.51. The molecule has 84 heavy (non-hydrogen) atoms. The van der Waals surface area contributed by atoms with Gasteiger partial charge in [0, 0.05) is 93.1 Å². The van der Waals surface area contributed by atoms with Gasteiger partial charge in [-0.15, -0.1) is 15.3 Å². The predicted molar refractivity (Wildman–Crippen MR) is 325 cm³/mol. The topological polar surface area (TPSA) is 458 Å². The fourth-order valence-electron chi connectivity index (χ4n) is 4.12. The number of hydroxylamine groups is 2. The van der Waals surface area contributed by atoms with Crippen molar-refractivity contribution in [2.24, 2.45) is 11.5 Å². The van der Waals surface area contributed by atoms with Crippen molar-refractivity contribution in [1.82, 2.24) is 21.6 Å². The number of carbonyl (C=O) groups is 3. The summed E-state index contributed by atoms with van der Waals surface area (Å²) in [7, 11) is -9.68. The van der Waals surface area contributed by atoms with Crippen LogP contribution in [0.15, 0.2) is 60.8 Å². The van der Waals surface area contributed by atoms with Crippen molar-refractivity contribution in [2.75, 3.05) is 192 Å². The molecule has 0 unspecified atom stereocenters. The monoisotopic (exact) mass is 1400 g/mol. The summed E-state index contributed by atoms with van der Waals surface area (Å²) in [5.74, 6) is -1.94. The zero-order valence-corrected chi connectivity index (χ0v) is 56.9. The van der Waals surface area contributed by atoms with Gasteiger partial charge in [-0.25, -0.2) is 15.8 Å². The van der Waals surface area contributed by atoms with Crippen LogP contribution in [-0.4, -0.2) is 241 Å². The average Bonchev–Trinajstić information content (AvgIpc) is 3.45. The Morgan fingerprint density at radius 2 is 0.702 bits per heavy atom. The maximum atomic E-state index is 11.9. The van der Waals surface area contributed by atoms with Crippen LogP contribution in [0.2, 0.25) is 19.6 Å². The summed E-state index contributed by atoms with van der Waals surface area (Å²) in [6.07, 6.45) is -0.494. The normalized spacial score (nSPS) is 11.7. The van der Waals surface area contributed by atoms with Crippen LogP contribution >= 0.6 is 53.3 Å². The highest BCUT2D eigenvalue weighted by Gasteiger charge is 2.23. The minimum atomic E-state index is -4.12.